The molecule has 0 aromatic carbocycles. The number of rotatable bonds is 9. The Morgan fingerprint density at radius 1 is 1.22 bits per heavy atom. The molecule has 206 valence electrons. The van der Waals surface area contributed by atoms with Crippen molar-refractivity contribution in [3.8, 4) is 11.8 Å². The molecule has 0 aliphatic heterocycles. The van der Waals surface area contributed by atoms with Crippen molar-refractivity contribution in [2.75, 3.05) is 6.61 Å². The fraction of sp³-hybridized carbons (Fsp3) is 0.800. The van der Waals surface area contributed by atoms with Crippen molar-refractivity contribution in [1.29, 1.82) is 0 Å². The number of fused-ring (bicyclic) bond motifs is 1. The molecule has 6 heteroatoms. The summed E-state index contributed by atoms with van der Waals surface area (Å²) < 4.78 is 39.1. The normalized spacial score (nSPS) is 30.5. The van der Waals surface area contributed by atoms with E-state index in [0.717, 1.165) is 57.4 Å². The van der Waals surface area contributed by atoms with E-state index < -0.39 is 11.8 Å². The van der Waals surface area contributed by atoms with Crippen LogP contribution in [0.3, 0.4) is 0 Å². The van der Waals surface area contributed by atoms with Crippen molar-refractivity contribution < 1.29 is 28.5 Å². The molecule has 4 unspecified atom stereocenters. The van der Waals surface area contributed by atoms with E-state index in [2.05, 4.69) is 44.8 Å². The van der Waals surface area contributed by atoms with E-state index in [9.17, 15) is 28.5 Å². The Hall–Kier alpha value is -1.29. The van der Waals surface area contributed by atoms with Crippen LogP contribution in [0.15, 0.2) is 23.3 Å². The Bertz CT molecular complexity index is 848. The molecule has 0 amide bonds. The van der Waals surface area contributed by atoms with Crippen LogP contribution in [0.4, 0.5) is 13.2 Å². The second kappa shape index (κ2) is 12.5. The predicted octanol–water partition coefficient (Wildman–Crippen LogP) is 7.11. The van der Waals surface area contributed by atoms with E-state index in [0.29, 0.717) is 37.5 Å². The second-order valence-electron chi connectivity index (χ2n) is 11.8. The van der Waals surface area contributed by atoms with Crippen molar-refractivity contribution >= 4 is 0 Å². The molecule has 0 radical (unpaired) electrons. The number of aliphatic hydroxyl groups excluding tert-OH is 2. The Kier molecular flexibility index (Phi) is 10.7. The van der Waals surface area contributed by atoms with Crippen molar-refractivity contribution in [3.63, 3.8) is 0 Å². The summed E-state index contributed by atoms with van der Waals surface area (Å²) in [7, 11) is 0. The molecule has 6 atom stereocenters. The Morgan fingerprint density at radius 2 is 1.92 bits per heavy atom. The van der Waals surface area contributed by atoms with Crippen LogP contribution in [0, 0.1) is 34.5 Å². The summed E-state index contributed by atoms with van der Waals surface area (Å²) in [5.74, 6) is 5.71. The van der Waals surface area contributed by atoms with Gasteiger partial charge in [-0.3, -0.25) is 0 Å². The molecule has 3 nitrogen and oxygen atoms in total. The highest BCUT2D eigenvalue weighted by Gasteiger charge is 2.53. The molecule has 2 aliphatic rings. The molecule has 0 spiro atoms. The van der Waals surface area contributed by atoms with Crippen LogP contribution in [0.2, 0.25) is 0 Å². The molecular formula is C30H47F3O3. The van der Waals surface area contributed by atoms with Crippen LogP contribution < -0.4 is 0 Å². The molecule has 2 fully saturated rings. The Morgan fingerprint density at radius 3 is 2.50 bits per heavy atom. The standard InChI is InChI=1S/C30H47F3O3/c1-6-25(35)21-23(15-19-34)12-11-22-10-8-17-28(4)24(20-22)13-14-26(28)27(3,7-2)16-9-18-29(5,36)30(31,32)33/h11-12,24-26,34-36H,6-8,10,13-17,19-21H2,1-5H3/b22-11+,23-12+/t24?,25-,26+,27?,28?,29?/m0/s1. The fourth-order valence-electron chi connectivity index (χ4n) is 6.50. The highest BCUT2D eigenvalue weighted by atomic mass is 19.4. The molecule has 0 saturated heterocycles. The zero-order valence-electron chi connectivity index (χ0n) is 22.8. The van der Waals surface area contributed by atoms with Gasteiger partial charge in [-0.05, 0) is 93.8 Å². The lowest BCUT2D eigenvalue weighted by Gasteiger charge is -2.45. The van der Waals surface area contributed by atoms with Gasteiger partial charge in [0.1, 0.15) is 0 Å². The SMILES string of the molecule is CC[C@H](O)C/C(=C/C=C1\CCCC2(C)C(CC[C@@H]2C(C)(CC)CC#CC(C)(O)C(F)(F)F)C1)CCO. The lowest BCUT2D eigenvalue weighted by Crippen LogP contribution is -2.41. The van der Waals surface area contributed by atoms with Crippen LogP contribution >= 0.6 is 0 Å². The van der Waals surface area contributed by atoms with Gasteiger partial charge in [0.05, 0.1) is 6.10 Å². The third-order valence-electron chi connectivity index (χ3n) is 9.24. The molecule has 2 saturated carbocycles. The quantitative estimate of drug-likeness (QED) is 0.289. The number of halogens is 3. The van der Waals surface area contributed by atoms with Crippen LogP contribution in [0.25, 0.3) is 0 Å². The van der Waals surface area contributed by atoms with Gasteiger partial charge in [-0.15, -0.1) is 0 Å². The van der Waals surface area contributed by atoms with Crippen molar-refractivity contribution in [2.45, 2.75) is 123 Å². The maximum absolute atomic E-state index is 13.0. The van der Waals surface area contributed by atoms with E-state index in [1.54, 1.807) is 0 Å². The largest absolute Gasteiger partial charge is 0.428 e. The number of alkyl halides is 3. The van der Waals surface area contributed by atoms with Gasteiger partial charge >= 0.3 is 6.18 Å². The molecular weight excluding hydrogens is 465 g/mol. The number of aliphatic hydroxyl groups is 3. The first-order valence-electron chi connectivity index (χ1n) is 13.7. The maximum Gasteiger partial charge on any atom is 0.428 e. The van der Waals surface area contributed by atoms with E-state index in [1.807, 2.05) is 6.92 Å². The summed E-state index contributed by atoms with van der Waals surface area (Å²) in [5.41, 5.74) is -0.615. The summed E-state index contributed by atoms with van der Waals surface area (Å²) in [5, 5.41) is 29.2. The summed E-state index contributed by atoms with van der Waals surface area (Å²) in [4.78, 5) is 0. The van der Waals surface area contributed by atoms with Crippen LogP contribution in [-0.4, -0.2) is 39.8 Å². The van der Waals surface area contributed by atoms with Crippen LogP contribution in [0.5, 0.6) is 0 Å². The zero-order chi connectivity index (χ0) is 27.2. The highest BCUT2D eigenvalue weighted by molar-refractivity contribution is 5.22. The van der Waals surface area contributed by atoms with Crippen molar-refractivity contribution in [2.24, 2.45) is 22.7 Å². The molecule has 0 heterocycles. The first-order valence-corrected chi connectivity index (χ1v) is 13.7. The lowest BCUT2D eigenvalue weighted by atomic mass is 9.59. The van der Waals surface area contributed by atoms with Gasteiger partial charge in [-0.2, -0.15) is 13.2 Å². The highest BCUT2D eigenvalue weighted by Crippen LogP contribution is 2.61. The van der Waals surface area contributed by atoms with Crippen LogP contribution in [-0.2, 0) is 0 Å². The average Bonchev–Trinajstić information content (AvgIpc) is 3.03. The van der Waals surface area contributed by atoms with Gasteiger partial charge in [0.25, 0.3) is 0 Å². The number of hydrogen-bond donors (Lipinski definition) is 3. The van der Waals surface area contributed by atoms with Gasteiger partial charge in [0.15, 0.2) is 0 Å². The van der Waals surface area contributed by atoms with Gasteiger partial charge in [-0.1, -0.05) is 62.8 Å². The molecule has 2 rings (SSSR count). The van der Waals surface area contributed by atoms with E-state index in [4.69, 9.17) is 0 Å². The van der Waals surface area contributed by atoms with E-state index in [1.165, 1.54) is 5.57 Å². The van der Waals surface area contributed by atoms with Gasteiger partial charge in [0, 0.05) is 13.0 Å². The Labute approximate surface area is 216 Å². The summed E-state index contributed by atoms with van der Waals surface area (Å²) in [6, 6.07) is 0. The zero-order valence-corrected chi connectivity index (χ0v) is 22.8. The average molecular weight is 513 g/mol. The minimum atomic E-state index is -4.77. The molecule has 36 heavy (non-hydrogen) atoms. The number of allylic oxidation sites excluding steroid dienone is 3. The topological polar surface area (TPSA) is 60.7 Å². The van der Waals surface area contributed by atoms with Crippen molar-refractivity contribution in [3.05, 3.63) is 23.3 Å². The minimum Gasteiger partial charge on any atom is -0.396 e. The molecule has 0 aromatic rings. The van der Waals surface area contributed by atoms with E-state index >= 15 is 0 Å². The maximum atomic E-state index is 13.0. The first kappa shape index (κ1) is 30.9. The smallest absolute Gasteiger partial charge is 0.396 e. The lowest BCUT2D eigenvalue weighted by molar-refractivity contribution is -0.228. The van der Waals surface area contributed by atoms with Crippen LogP contribution in [0.1, 0.15) is 105 Å². The summed E-state index contributed by atoms with van der Waals surface area (Å²) in [6.07, 6.45) is 8.52. The summed E-state index contributed by atoms with van der Waals surface area (Å²) >= 11 is 0. The van der Waals surface area contributed by atoms with Gasteiger partial charge in [-0.25, -0.2) is 0 Å². The fourth-order valence-corrected chi connectivity index (χ4v) is 6.50. The first-order chi connectivity index (χ1) is 16.7. The minimum absolute atomic E-state index is 0.0741. The van der Waals surface area contributed by atoms with Gasteiger partial charge in [0.2, 0.25) is 5.60 Å². The third kappa shape index (κ3) is 7.39. The monoisotopic (exact) mass is 512 g/mol. The van der Waals surface area contributed by atoms with E-state index in [-0.39, 0.29) is 23.5 Å². The second-order valence-corrected chi connectivity index (χ2v) is 11.8. The Balaban J connectivity index is 2.22. The molecule has 2 aliphatic carbocycles. The third-order valence-corrected chi connectivity index (χ3v) is 9.24. The molecule has 0 aromatic heterocycles. The summed E-state index contributed by atoms with van der Waals surface area (Å²) in [6.45, 7) is 9.38. The van der Waals surface area contributed by atoms with Gasteiger partial charge < -0.3 is 15.3 Å². The molecule has 3 N–H and O–H groups in total. The predicted molar refractivity (Wildman–Crippen MR) is 139 cm³/mol. The molecule has 0 bridgehead atoms. The number of hydrogen-bond acceptors (Lipinski definition) is 3. The van der Waals surface area contributed by atoms with Crippen molar-refractivity contribution in [1.82, 2.24) is 0 Å².